The molecule has 0 bridgehead atoms. The Morgan fingerprint density at radius 3 is 2.42 bits per heavy atom. The fourth-order valence-electron chi connectivity index (χ4n) is 4.75. The molecule has 1 aromatic carbocycles. The summed E-state index contributed by atoms with van der Waals surface area (Å²) in [5.41, 5.74) is 4.37. The van der Waals surface area contributed by atoms with Crippen LogP contribution in [0.4, 0.5) is 0 Å². The monoisotopic (exact) mass is 468 g/mol. The maximum absolute atomic E-state index is 13.2. The first kappa shape index (κ1) is 23.4. The summed E-state index contributed by atoms with van der Waals surface area (Å²) < 4.78 is 29.8. The van der Waals surface area contributed by atoms with E-state index in [0.29, 0.717) is 36.6 Å². The average molecular weight is 469 g/mol. The van der Waals surface area contributed by atoms with Crippen LogP contribution in [0, 0.1) is 13.8 Å². The number of benzene rings is 1. The van der Waals surface area contributed by atoms with E-state index in [-0.39, 0.29) is 11.8 Å². The van der Waals surface area contributed by atoms with E-state index >= 15 is 0 Å². The van der Waals surface area contributed by atoms with E-state index in [4.69, 9.17) is 0 Å². The van der Waals surface area contributed by atoms with Crippen LogP contribution in [0.3, 0.4) is 0 Å². The maximum Gasteiger partial charge on any atom is 0.257 e. The van der Waals surface area contributed by atoms with E-state index in [1.54, 1.807) is 26.0 Å². The first-order valence-corrected chi connectivity index (χ1v) is 13.0. The lowest BCUT2D eigenvalue weighted by Gasteiger charge is -2.32. The first-order chi connectivity index (χ1) is 15.8. The summed E-state index contributed by atoms with van der Waals surface area (Å²) in [5, 5.41) is 4.35. The molecule has 3 aromatic rings. The van der Waals surface area contributed by atoms with Gasteiger partial charge in [0, 0.05) is 32.4 Å². The Morgan fingerprint density at radius 1 is 1.09 bits per heavy atom. The third-order valence-electron chi connectivity index (χ3n) is 6.70. The van der Waals surface area contributed by atoms with Crippen LogP contribution in [-0.4, -0.2) is 59.3 Å². The summed E-state index contributed by atoms with van der Waals surface area (Å²) in [7, 11) is -3.51. The molecule has 2 aromatic heterocycles. The molecule has 0 unspecified atom stereocenters. The van der Waals surface area contributed by atoms with E-state index in [0.717, 1.165) is 35.0 Å². The molecule has 0 spiro atoms. The predicted octanol–water partition coefficient (Wildman–Crippen LogP) is 4.00. The van der Waals surface area contributed by atoms with Crippen molar-refractivity contribution < 1.29 is 13.2 Å². The van der Waals surface area contributed by atoms with Gasteiger partial charge in [-0.1, -0.05) is 17.7 Å². The summed E-state index contributed by atoms with van der Waals surface area (Å²) in [5.74, 6) is 0.230. The lowest BCUT2D eigenvalue weighted by Crippen LogP contribution is -2.38. The van der Waals surface area contributed by atoms with Crippen molar-refractivity contribution in [3.8, 4) is 0 Å². The molecule has 7 nitrogen and oxygen atoms in total. The quantitative estimate of drug-likeness (QED) is 0.548. The second-order valence-electron chi connectivity index (χ2n) is 8.77. The minimum atomic E-state index is -3.51. The molecule has 1 fully saturated rings. The number of hydrogen-bond donors (Lipinski definition) is 0. The number of fused-ring (bicyclic) bond motifs is 1. The van der Waals surface area contributed by atoms with Crippen molar-refractivity contribution in [1.29, 1.82) is 0 Å². The molecule has 33 heavy (non-hydrogen) atoms. The van der Waals surface area contributed by atoms with Gasteiger partial charge in [0.15, 0.2) is 0 Å². The Bertz CT molecular complexity index is 1270. The van der Waals surface area contributed by atoms with E-state index < -0.39 is 10.0 Å². The van der Waals surface area contributed by atoms with Crippen LogP contribution in [0.25, 0.3) is 5.52 Å². The first-order valence-electron chi connectivity index (χ1n) is 11.6. The zero-order chi connectivity index (χ0) is 23.8. The third-order valence-corrected chi connectivity index (χ3v) is 8.76. The molecule has 1 aliphatic rings. The zero-order valence-corrected chi connectivity index (χ0v) is 20.6. The number of pyridine rings is 1. The molecule has 4 rings (SSSR count). The van der Waals surface area contributed by atoms with Crippen LogP contribution >= 0.6 is 0 Å². The molecular weight excluding hydrogens is 436 g/mol. The van der Waals surface area contributed by atoms with Gasteiger partial charge in [0.2, 0.25) is 10.0 Å². The van der Waals surface area contributed by atoms with Gasteiger partial charge in [-0.05, 0) is 75.8 Å². The summed E-state index contributed by atoms with van der Waals surface area (Å²) in [4.78, 5) is 15.1. The number of carbonyl (C=O) groups is 1. The maximum atomic E-state index is 13.2. The van der Waals surface area contributed by atoms with Crippen LogP contribution in [-0.2, 0) is 10.0 Å². The lowest BCUT2D eigenvalue weighted by atomic mass is 9.90. The molecule has 176 valence electrons. The Balaban J connectivity index is 1.53. The van der Waals surface area contributed by atoms with Crippen LogP contribution in [0.2, 0.25) is 0 Å². The number of rotatable bonds is 6. The van der Waals surface area contributed by atoms with Crippen molar-refractivity contribution in [1.82, 2.24) is 18.8 Å². The van der Waals surface area contributed by atoms with Gasteiger partial charge in [0.05, 0.1) is 22.2 Å². The Kier molecular flexibility index (Phi) is 6.59. The molecule has 8 heteroatoms. The molecule has 0 aliphatic carbocycles. The van der Waals surface area contributed by atoms with Crippen molar-refractivity contribution in [3.63, 3.8) is 0 Å². The summed E-state index contributed by atoms with van der Waals surface area (Å²) in [6.45, 7) is 10.0. The Hall–Kier alpha value is -2.71. The van der Waals surface area contributed by atoms with Gasteiger partial charge >= 0.3 is 0 Å². The van der Waals surface area contributed by atoms with Crippen molar-refractivity contribution >= 4 is 21.4 Å². The lowest BCUT2D eigenvalue weighted by molar-refractivity contribution is 0.0775. The van der Waals surface area contributed by atoms with Gasteiger partial charge < -0.3 is 4.90 Å². The molecule has 0 radical (unpaired) electrons. The zero-order valence-electron chi connectivity index (χ0n) is 19.8. The van der Waals surface area contributed by atoms with Crippen LogP contribution < -0.4 is 0 Å². The number of aromatic nitrogens is 2. The summed E-state index contributed by atoms with van der Waals surface area (Å²) >= 11 is 0. The smallest absolute Gasteiger partial charge is 0.257 e. The number of piperidine rings is 1. The Morgan fingerprint density at radius 2 is 1.79 bits per heavy atom. The van der Waals surface area contributed by atoms with Crippen molar-refractivity contribution in [3.05, 3.63) is 65.0 Å². The largest absolute Gasteiger partial charge is 0.339 e. The van der Waals surface area contributed by atoms with E-state index in [9.17, 15) is 13.2 Å². The standard InChI is InChI=1S/C25H32N4O3S/c1-5-27(6-2)25(30)22-17-26-29-14-11-21(16-23(22)29)20-9-12-28(13-10-20)33(31,32)24-8-7-18(3)15-19(24)4/h7-8,11,14-17,20H,5-6,9-10,12-13H2,1-4H3. The minimum Gasteiger partial charge on any atom is -0.339 e. The Labute approximate surface area is 196 Å². The van der Waals surface area contributed by atoms with Crippen LogP contribution in [0.5, 0.6) is 0 Å². The number of nitrogens with zero attached hydrogens (tertiary/aromatic N) is 4. The van der Waals surface area contributed by atoms with Crippen molar-refractivity contribution in [2.45, 2.75) is 51.3 Å². The second kappa shape index (κ2) is 9.27. The third kappa shape index (κ3) is 4.42. The van der Waals surface area contributed by atoms with Crippen molar-refractivity contribution in [2.24, 2.45) is 0 Å². The predicted molar refractivity (Wildman–Crippen MR) is 129 cm³/mol. The second-order valence-corrected chi connectivity index (χ2v) is 10.7. The average Bonchev–Trinajstić information content (AvgIpc) is 3.23. The molecule has 0 saturated carbocycles. The van der Waals surface area contributed by atoms with Gasteiger partial charge in [-0.2, -0.15) is 9.40 Å². The highest BCUT2D eigenvalue weighted by atomic mass is 32.2. The fourth-order valence-corrected chi connectivity index (χ4v) is 6.43. The van der Waals surface area contributed by atoms with E-state index in [2.05, 4.69) is 5.10 Å². The highest BCUT2D eigenvalue weighted by molar-refractivity contribution is 7.89. The van der Waals surface area contributed by atoms with Crippen LogP contribution in [0.15, 0.2) is 47.6 Å². The van der Waals surface area contributed by atoms with Crippen molar-refractivity contribution in [2.75, 3.05) is 26.2 Å². The van der Waals surface area contributed by atoms with E-state index in [1.165, 1.54) is 0 Å². The SMILES string of the molecule is CCN(CC)C(=O)c1cnn2ccc(C3CCN(S(=O)(=O)c4ccc(C)cc4C)CC3)cc12. The molecule has 1 amide bonds. The highest BCUT2D eigenvalue weighted by Gasteiger charge is 2.31. The van der Waals surface area contributed by atoms with E-state index in [1.807, 2.05) is 58.2 Å². The molecule has 1 saturated heterocycles. The number of aryl methyl sites for hydroxylation is 2. The van der Waals surface area contributed by atoms with Crippen LogP contribution in [0.1, 0.15) is 59.7 Å². The molecular formula is C25H32N4O3S. The number of sulfonamides is 1. The van der Waals surface area contributed by atoms with Gasteiger partial charge in [-0.25, -0.2) is 12.9 Å². The summed E-state index contributed by atoms with van der Waals surface area (Å²) in [6.07, 6.45) is 5.02. The molecule has 0 atom stereocenters. The molecule has 0 N–H and O–H groups in total. The number of hydrogen-bond acceptors (Lipinski definition) is 4. The normalized spacial score (nSPS) is 15.8. The number of amides is 1. The minimum absolute atomic E-state index is 0.0125. The molecule has 3 heterocycles. The number of carbonyl (C=O) groups excluding carboxylic acids is 1. The highest BCUT2D eigenvalue weighted by Crippen LogP contribution is 2.32. The van der Waals surface area contributed by atoms with Gasteiger partial charge in [0.1, 0.15) is 0 Å². The van der Waals surface area contributed by atoms with Gasteiger partial charge in [-0.15, -0.1) is 0 Å². The summed E-state index contributed by atoms with van der Waals surface area (Å²) in [6, 6.07) is 9.56. The fraction of sp³-hybridized carbons (Fsp3) is 0.440. The molecule has 1 aliphatic heterocycles. The van der Waals surface area contributed by atoms with Gasteiger partial charge in [-0.3, -0.25) is 4.79 Å². The topological polar surface area (TPSA) is 75.0 Å². The van der Waals surface area contributed by atoms with Gasteiger partial charge in [0.25, 0.3) is 5.91 Å².